The lowest BCUT2D eigenvalue weighted by Gasteiger charge is -2.34. The van der Waals surface area contributed by atoms with Crippen molar-refractivity contribution in [1.82, 2.24) is 24.5 Å². The van der Waals surface area contributed by atoms with Crippen molar-refractivity contribution in [2.24, 2.45) is 0 Å². The van der Waals surface area contributed by atoms with Crippen LogP contribution in [0.25, 0.3) is 11.4 Å². The molecule has 3 atom stereocenters. The molecule has 0 radical (unpaired) electrons. The summed E-state index contributed by atoms with van der Waals surface area (Å²) in [6.45, 7) is 6.82. The van der Waals surface area contributed by atoms with Crippen LogP contribution in [0.4, 0.5) is 24.5 Å². The van der Waals surface area contributed by atoms with Crippen LogP contribution >= 0.6 is 11.6 Å². The van der Waals surface area contributed by atoms with Crippen molar-refractivity contribution >= 4 is 40.2 Å². The zero-order chi connectivity index (χ0) is 29.1. The van der Waals surface area contributed by atoms with E-state index in [-0.39, 0.29) is 34.0 Å². The summed E-state index contributed by atoms with van der Waals surface area (Å²) in [5.41, 5.74) is 0.884. The Labute approximate surface area is 238 Å². The molecule has 218 valence electrons. The third-order valence-electron chi connectivity index (χ3n) is 7.85. The number of piperazine rings is 1. The van der Waals surface area contributed by atoms with Gasteiger partial charge in [-0.25, -0.2) is 0 Å². The van der Waals surface area contributed by atoms with E-state index in [0.29, 0.717) is 62.9 Å². The Hall–Kier alpha value is -3.42. The van der Waals surface area contributed by atoms with Crippen LogP contribution in [0.1, 0.15) is 55.7 Å². The minimum atomic E-state index is -4.56. The van der Waals surface area contributed by atoms with E-state index in [1.807, 2.05) is 24.8 Å². The Morgan fingerprint density at radius 2 is 2.07 bits per heavy atom. The van der Waals surface area contributed by atoms with Gasteiger partial charge in [0, 0.05) is 31.6 Å². The van der Waals surface area contributed by atoms with Crippen molar-refractivity contribution < 1.29 is 22.7 Å². The van der Waals surface area contributed by atoms with Gasteiger partial charge in [0.15, 0.2) is 5.82 Å². The van der Waals surface area contributed by atoms with Gasteiger partial charge in [0.2, 0.25) is 11.7 Å². The molecule has 2 N–H and O–H groups in total. The van der Waals surface area contributed by atoms with E-state index in [9.17, 15) is 22.8 Å². The number of anilines is 2. The highest BCUT2D eigenvalue weighted by Crippen LogP contribution is 2.42. The maximum absolute atomic E-state index is 14.0. The molecule has 2 aromatic heterocycles. The lowest BCUT2D eigenvalue weighted by atomic mass is 10.0. The predicted octanol–water partition coefficient (Wildman–Crippen LogP) is 3.85. The summed E-state index contributed by atoms with van der Waals surface area (Å²) in [5, 5.41) is 10.4. The molecule has 0 bridgehead atoms. The predicted molar refractivity (Wildman–Crippen MR) is 147 cm³/mol. The fraction of sp³-hybridized carbons (Fsp3) is 0.481. The molecule has 10 nitrogen and oxygen atoms in total. The summed E-state index contributed by atoms with van der Waals surface area (Å²) in [6, 6.07) is 2.15. The molecule has 0 spiro atoms. The van der Waals surface area contributed by atoms with Crippen molar-refractivity contribution in [1.29, 1.82) is 0 Å². The second kappa shape index (κ2) is 10.4. The summed E-state index contributed by atoms with van der Waals surface area (Å²) in [5.74, 6) is -0.0239. The highest BCUT2D eigenvalue weighted by molar-refractivity contribution is 6.33. The van der Waals surface area contributed by atoms with Gasteiger partial charge in [-0.2, -0.15) is 22.7 Å². The third kappa shape index (κ3) is 4.99. The molecule has 1 fully saturated rings. The van der Waals surface area contributed by atoms with Crippen molar-refractivity contribution in [3.05, 3.63) is 56.7 Å². The lowest BCUT2D eigenvalue weighted by molar-refractivity contribution is -0.137. The van der Waals surface area contributed by atoms with E-state index >= 15 is 0 Å². The van der Waals surface area contributed by atoms with E-state index in [2.05, 4.69) is 15.7 Å². The van der Waals surface area contributed by atoms with Gasteiger partial charge in [-0.15, -0.1) is 5.10 Å². The normalized spacial score (nSPS) is 23.0. The van der Waals surface area contributed by atoms with Crippen LogP contribution in [-0.4, -0.2) is 64.0 Å². The average molecular weight is 592 g/mol. The molecule has 1 amide bonds. The number of carbonyl (C=O) groups is 1. The van der Waals surface area contributed by atoms with Gasteiger partial charge in [-0.05, 0) is 43.5 Å². The topological polar surface area (TPSA) is 106 Å². The molecule has 41 heavy (non-hydrogen) atoms. The molecule has 3 aliphatic heterocycles. The summed E-state index contributed by atoms with van der Waals surface area (Å²) in [6.07, 6.45) is -1.73. The molecular weight excluding hydrogens is 563 g/mol. The number of rotatable bonds is 4. The molecule has 0 unspecified atom stereocenters. The number of hydrogen-bond donors (Lipinski definition) is 2. The quantitative estimate of drug-likeness (QED) is 0.475. The van der Waals surface area contributed by atoms with Crippen LogP contribution in [0.2, 0.25) is 5.02 Å². The first-order valence-electron chi connectivity index (χ1n) is 13.5. The van der Waals surface area contributed by atoms with Crippen LogP contribution in [0.15, 0.2) is 29.1 Å². The number of halogens is 4. The van der Waals surface area contributed by atoms with E-state index in [1.54, 1.807) is 4.57 Å². The summed E-state index contributed by atoms with van der Waals surface area (Å²) < 4.78 is 47.9. The first kappa shape index (κ1) is 27.7. The average Bonchev–Trinajstić information content (AvgIpc) is 3.52. The number of alkyl halides is 3. The van der Waals surface area contributed by atoms with Gasteiger partial charge >= 0.3 is 6.18 Å². The molecule has 0 aliphatic carbocycles. The van der Waals surface area contributed by atoms with E-state index in [0.717, 1.165) is 23.8 Å². The maximum atomic E-state index is 14.0. The standard InChI is InChI=1S/C27H29ClF3N7O3/c1-14-11-20(24(39)33-19-4-3-17(12-18(19)28)27(29,30)31)37-21(14)22(36-8-7-32-15(2)13-36)25(40)38-26(37)34-23(35-38)16-5-9-41-10-6-16/h3-5,12,14-15,20,32H,6-11,13H2,1-2H3,(H,33,39)/t14-,15-,20-/m1/s1. The second-order valence-electron chi connectivity index (χ2n) is 10.7. The largest absolute Gasteiger partial charge is 0.416 e. The van der Waals surface area contributed by atoms with Crippen molar-refractivity contribution in [3.63, 3.8) is 0 Å². The summed E-state index contributed by atoms with van der Waals surface area (Å²) >= 11 is 6.14. The Bertz CT molecular complexity index is 1620. The summed E-state index contributed by atoms with van der Waals surface area (Å²) in [4.78, 5) is 34.5. The molecule has 14 heteroatoms. The van der Waals surface area contributed by atoms with Crippen molar-refractivity contribution in [3.8, 4) is 0 Å². The first-order chi connectivity index (χ1) is 19.5. The monoisotopic (exact) mass is 591 g/mol. The minimum absolute atomic E-state index is 0.0634. The van der Waals surface area contributed by atoms with Crippen molar-refractivity contribution in [2.45, 2.75) is 50.9 Å². The Morgan fingerprint density at radius 3 is 2.76 bits per heavy atom. The lowest BCUT2D eigenvalue weighted by Crippen LogP contribution is -2.51. The van der Waals surface area contributed by atoms with Gasteiger partial charge < -0.3 is 20.3 Å². The van der Waals surface area contributed by atoms with Crippen LogP contribution < -0.4 is 21.1 Å². The van der Waals surface area contributed by atoms with E-state index in [1.165, 1.54) is 4.52 Å². The van der Waals surface area contributed by atoms with Gasteiger partial charge in [-0.3, -0.25) is 14.2 Å². The highest BCUT2D eigenvalue weighted by atomic mass is 35.5. The molecule has 5 heterocycles. The van der Waals surface area contributed by atoms with Gasteiger partial charge in [0.25, 0.3) is 5.56 Å². The molecular formula is C27H29ClF3N7O3. The van der Waals surface area contributed by atoms with Crippen LogP contribution in [0, 0.1) is 0 Å². The third-order valence-corrected chi connectivity index (χ3v) is 8.16. The number of hydrogen-bond acceptors (Lipinski definition) is 7. The smallest absolute Gasteiger partial charge is 0.377 e. The number of benzene rings is 1. The van der Waals surface area contributed by atoms with Crippen LogP contribution in [0.5, 0.6) is 0 Å². The zero-order valence-electron chi connectivity index (χ0n) is 22.5. The molecule has 0 saturated carbocycles. The molecule has 3 aromatic rings. The molecule has 3 aliphatic rings. The number of aromatic nitrogens is 4. The number of carbonyl (C=O) groups excluding carboxylic acids is 1. The number of amides is 1. The summed E-state index contributed by atoms with van der Waals surface area (Å²) in [7, 11) is 0. The second-order valence-corrected chi connectivity index (χ2v) is 11.2. The fourth-order valence-corrected chi connectivity index (χ4v) is 6.12. The van der Waals surface area contributed by atoms with E-state index in [4.69, 9.17) is 21.3 Å². The molecule has 1 aromatic carbocycles. The van der Waals surface area contributed by atoms with Crippen LogP contribution in [-0.2, 0) is 15.7 Å². The highest BCUT2D eigenvalue weighted by Gasteiger charge is 2.40. The van der Waals surface area contributed by atoms with Crippen LogP contribution in [0.3, 0.4) is 0 Å². The van der Waals surface area contributed by atoms with E-state index < -0.39 is 23.7 Å². The Kier molecular flexibility index (Phi) is 7.07. The Morgan fingerprint density at radius 1 is 1.27 bits per heavy atom. The molecule has 1 saturated heterocycles. The van der Waals surface area contributed by atoms with Crippen molar-refractivity contribution in [2.75, 3.05) is 43.1 Å². The number of ether oxygens (including phenoxy) is 1. The minimum Gasteiger partial charge on any atom is -0.377 e. The number of nitrogens with zero attached hydrogens (tertiary/aromatic N) is 5. The SMILES string of the molecule is C[C@@H]1CN(c2c3n(c4nc(C5=CCOCC5)nn4c2=O)[C@@H](C(=O)Nc2ccc(C(F)(F)F)cc2Cl)C[C@H]3C)CCN1. The first-order valence-corrected chi connectivity index (χ1v) is 13.9. The Balaban J connectivity index is 1.46. The maximum Gasteiger partial charge on any atom is 0.416 e. The van der Waals surface area contributed by atoms with Gasteiger partial charge in [0.05, 0.1) is 35.2 Å². The zero-order valence-corrected chi connectivity index (χ0v) is 23.2. The number of nitrogens with one attached hydrogen (secondary N) is 2. The number of fused-ring (bicyclic) bond motifs is 3. The van der Waals surface area contributed by atoms with Gasteiger partial charge in [0.1, 0.15) is 11.7 Å². The molecule has 6 rings (SSSR count). The van der Waals surface area contributed by atoms with Gasteiger partial charge in [-0.1, -0.05) is 24.6 Å². The fourth-order valence-electron chi connectivity index (χ4n) is 5.89.